The van der Waals surface area contributed by atoms with E-state index in [-0.39, 0.29) is 25.6 Å². The Bertz CT molecular complexity index is 1610. The van der Waals surface area contributed by atoms with E-state index in [9.17, 15) is 33.9 Å². The lowest BCUT2D eigenvalue weighted by molar-refractivity contribution is -0.161. The van der Waals surface area contributed by atoms with Gasteiger partial charge in [0.1, 0.15) is 43.5 Å². The summed E-state index contributed by atoms with van der Waals surface area (Å²) in [7, 11) is 0. The Morgan fingerprint density at radius 1 is 0.684 bits per heavy atom. The molecule has 0 bridgehead atoms. The average Bonchev–Trinajstić information content (AvgIpc) is 3.18. The lowest BCUT2D eigenvalue weighted by atomic mass is 9.93. The molecule has 57 heavy (non-hydrogen) atoms. The minimum absolute atomic E-state index is 0.0137. The quantitative estimate of drug-likeness (QED) is 0.129. The van der Waals surface area contributed by atoms with Crippen molar-refractivity contribution in [3.63, 3.8) is 0 Å². The first-order chi connectivity index (χ1) is 27.0. The van der Waals surface area contributed by atoms with Gasteiger partial charge in [0.05, 0.1) is 0 Å². The van der Waals surface area contributed by atoms with E-state index < -0.39 is 89.8 Å². The minimum atomic E-state index is -1.69. The second-order valence-electron chi connectivity index (χ2n) is 16.2. The fourth-order valence-corrected chi connectivity index (χ4v) is 6.55. The third kappa shape index (κ3) is 14.3. The molecule has 0 spiro atoms. The second-order valence-corrected chi connectivity index (χ2v) is 16.2. The molecule has 0 aliphatic carbocycles. The fourth-order valence-electron chi connectivity index (χ4n) is 6.55. The maximum Gasteiger partial charge on any atom is 0.408 e. The van der Waals surface area contributed by atoms with E-state index in [2.05, 4.69) is 21.3 Å². The summed E-state index contributed by atoms with van der Waals surface area (Å²) < 4.78 is 10.9. The molecule has 1 aliphatic heterocycles. The molecule has 314 valence electrons. The Kier molecular flexibility index (Phi) is 18.6. The van der Waals surface area contributed by atoms with Gasteiger partial charge in [-0.2, -0.15) is 0 Å². The van der Waals surface area contributed by atoms with Gasteiger partial charge in [0, 0.05) is 6.04 Å². The van der Waals surface area contributed by atoms with Gasteiger partial charge in [0.25, 0.3) is 11.8 Å². The summed E-state index contributed by atoms with van der Waals surface area (Å²) in [6.45, 7) is 14.4. The number of carbonyl (C=O) groups is 6. The van der Waals surface area contributed by atoms with Gasteiger partial charge in [0.15, 0.2) is 0 Å². The van der Waals surface area contributed by atoms with Crippen LogP contribution in [-0.4, -0.2) is 88.6 Å². The molecule has 6 atom stereocenters. The number of carbonyl (C=O) groups excluding carboxylic acids is 6. The number of piperidine rings is 1. The minimum Gasteiger partial charge on any atom is -0.459 e. The molecule has 0 radical (unpaired) electrons. The molecule has 1 saturated heterocycles. The molecule has 1 fully saturated rings. The maximum absolute atomic E-state index is 14.8. The summed E-state index contributed by atoms with van der Waals surface area (Å²) in [6.07, 6.45) is -0.487. The lowest BCUT2D eigenvalue weighted by Crippen LogP contribution is -2.65. The van der Waals surface area contributed by atoms with Crippen LogP contribution in [0, 0.1) is 23.7 Å². The highest BCUT2D eigenvalue weighted by Crippen LogP contribution is 2.22. The molecular formula is C43H63N5O9. The molecule has 2 aromatic rings. The van der Waals surface area contributed by atoms with Crippen LogP contribution in [0.5, 0.6) is 0 Å². The number of esters is 1. The molecular weight excluding hydrogens is 730 g/mol. The average molecular weight is 794 g/mol. The van der Waals surface area contributed by atoms with Crippen LogP contribution >= 0.6 is 0 Å². The number of amides is 5. The van der Waals surface area contributed by atoms with Crippen molar-refractivity contribution in [2.75, 3.05) is 6.54 Å². The normalized spacial score (nSPS) is 16.9. The molecule has 2 aromatic carbocycles. The third-order valence-corrected chi connectivity index (χ3v) is 9.87. The zero-order valence-electron chi connectivity index (χ0n) is 34.7. The highest BCUT2D eigenvalue weighted by molar-refractivity contribution is 6.05. The molecule has 5 amide bonds. The molecule has 1 heterocycles. The number of hydrogen-bond acceptors (Lipinski definition) is 10. The molecule has 14 heteroatoms. The summed E-state index contributed by atoms with van der Waals surface area (Å²) >= 11 is 0. The summed E-state index contributed by atoms with van der Waals surface area (Å²) in [6, 6.07) is 12.3. The predicted octanol–water partition coefficient (Wildman–Crippen LogP) is 4.24. The van der Waals surface area contributed by atoms with E-state index in [1.807, 2.05) is 50.2 Å². The topological polar surface area (TPSA) is 192 Å². The Morgan fingerprint density at radius 2 is 1.21 bits per heavy atom. The van der Waals surface area contributed by atoms with Crippen LogP contribution < -0.4 is 21.3 Å². The number of benzene rings is 2. The van der Waals surface area contributed by atoms with Gasteiger partial charge in [-0.05, 0) is 60.6 Å². The monoisotopic (exact) mass is 793 g/mol. The number of rotatable bonds is 19. The van der Waals surface area contributed by atoms with Gasteiger partial charge in [-0.1, -0.05) is 122 Å². The summed E-state index contributed by atoms with van der Waals surface area (Å²) in [5.41, 5.74) is 1.51. The van der Waals surface area contributed by atoms with Gasteiger partial charge < -0.3 is 35.8 Å². The third-order valence-electron chi connectivity index (χ3n) is 9.87. The van der Waals surface area contributed by atoms with Crippen LogP contribution in [0.2, 0.25) is 0 Å². The van der Waals surface area contributed by atoms with Crippen molar-refractivity contribution in [3.8, 4) is 0 Å². The molecule has 0 saturated carbocycles. The first kappa shape index (κ1) is 46.6. The summed E-state index contributed by atoms with van der Waals surface area (Å²) in [4.78, 5) is 84.6. The van der Waals surface area contributed by atoms with E-state index in [1.165, 1.54) is 0 Å². The fraction of sp³-hybridized carbons (Fsp3) is 0.581. The number of aliphatic hydroxyl groups is 1. The van der Waals surface area contributed by atoms with E-state index >= 15 is 0 Å². The maximum atomic E-state index is 14.8. The van der Waals surface area contributed by atoms with E-state index in [4.69, 9.17) is 9.47 Å². The van der Waals surface area contributed by atoms with Crippen LogP contribution in [0.4, 0.5) is 4.79 Å². The highest BCUT2D eigenvalue weighted by atomic mass is 16.5. The van der Waals surface area contributed by atoms with Crippen LogP contribution in [-0.2, 0) is 46.7 Å². The Hall–Kier alpha value is -4.82. The van der Waals surface area contributed by atoms with Crippen molar-refractivity contribution in [1.29, 1.82) is 0 Å². The number of nitrogens with zero attached hydrogens (tertiary/aromatic N) is 1. The Balaban J connectivity index is 1.95. The van der Waals surface area contributed by atoms with Crippen LogP contribution in [0.15, 0.2) is 60.7 Å². The molecule has 5 unspecified atom stereocenters. The zero-order chi connectivity index (χ0) is 42.2. The van der Waals surface area contributed by atoms with Crippen molar-refractivity contribution >= 4 is 35.7 Å². The van der Waals surface area contributed by atoms with Crippen LogP contribution in [0.3, 0.4) is 0 Å². The van der Waals surface area contributed by atoms with Crippen LogP contribution in [0.1, 0.15) is 92.2 Å². The number of ether oxygens (including phenoxy) is 2. The smallest absolute Gasteiger partial charge is 0.408 e. The largest absolute Gasteiger partial charge is 0.459 e. The number of nitrogens with one attached hydrogen (secondary N) is 4. The second kappa shape index (κ2) is 22.8. The summed E-state index contributed by atoms with van der Waals surface area (Å²) in [5, 5.41) is 22.7. The number of hydrogen-bond donors (Lipinski definition) is 5. The molecule has 0 aromatic heterocycles. The zero-order valence-corrected chi connectivity index (χ0v) is 34.7. The van der Waals surface area contributed by atoms with Crippen molar-refractivity contribution < 1.29 is 43.3 Å². The lowest BCUT2D eigenvalue weighted by Gasteiger charge is -2.38. The van der Waals surface area contributed by atoms with E-state index in [1.54, 1.807) is 65.8 Å². The van der Waals surface area contributed by atoms with Crippen molar-refractivity contribution in [3.05, 3.63) is 71.8 Å². The van der Waals surface area contributed by atoms with Crippen molar-refractivity contribution in [1.82, 2.24) is 26.2 Å². The number of aliphatic hydroxyl groups excluding tert-OH is 1. The number of imide groups is 1. The Labute approximate surface area is 337 Å². The first-order valence-corrected chi connectivity index (χ1v) is 20.1. The first-order valence-electron chi connectivity index (χ1n) is 20.1. The van der Waals surface area contributed by atoms with Crippen molar-refractivity contribution in [2.24, 2.45) is 23.7 Å². The standard InChI is InChI=1S/C43H63N5O9/c1-26(2)23-33(38(50)46-36(29(7)8)42(54)56-24-30-17-11-9-12-18-30)48(41(53)37(49)32-21-15-16-22-44-32)40(52)35(28(5)6)45-39(51)34(27(3)4)47-43(55)57-25-31-19-13-10-14-20-31/h9-14,17-20,26-29,32-37,44,49H,15-16,21-25H2,1-8H3,(H,45,51)(H,46,50)(H,47,55)/t32?,33-,34?,35?,36?,37?/m1/s1. The highest BCUT2D eigenvalue weighted by Gasteiger charge is 2.45. The van der Waals surface area contributed by atoms with Crippen LogP contribution in [0.25, 0.3) is 0 Å². The van der Waals surface area contributed by atoms with Gasteiger partial charge in [-0.25, -0.2) is 9.59 Å². The molecule has 5 N–H and O–H groups in total. The SMILES string of the molecule is CC(C)C[C@H](C(=O)NC(C(=O)OCc1ccccc1)C(C)C)N(C(=O)C(O)C1CCCCN1)C(=O)C(NC(=O)C(NC(=O)OCc1ccccc1)C(C)C)C(C)C. The van der Waals surface area contributed by atoms with Crippen molar-refractivity contribution in [2.45, 2.75) is 131 Å². The number of alkyl carbamates (subject to hydrolysis) is 1. The van der Waals surface area contributed by atoms with Gasteiger partial charge in [-0.15, -0.1) is 0 Å². The molecule has 14 nitrogen and oxygen atoms in total. The molecule has 3 rings (SSSR count). The van der Waals surface area contributed by atoms with Gasteiger partial charge in [-0.3, -0.25) is 24.1 Å². The van der Waals surface area contributed by atoms with E-state index in [0.29, 0.717) is 13.0 Å². The summed E-state index contributed by atoms with van der Waals surface area (Å²) in [5.74, 6) is -5.83. The van der Waals surface area contributed by atoms with Gasteiger partial charge in [0.2, 0.25) is 11.8 Å². The predicted molar refractivity (Wildman–Crippen MR) is 215 cm³/mol. The molecule has 1 aliphatic rings. The van der Waals surface area contributed by atoms with Gasteiger partial charge >= 0.3 is 12.1 Å². The Morgan fingerprint density at radius 3 is 1.70 bits per heavy atom. The van der Waals surface area contributed by atoms with E-state index in [0.717, 1.165) is 28.9 Å².